The van der Waals surface area contributed by atoms with Crippen LogP contribution in [0.4, 0.5) is 0 Å². The summed E-state index contributed by atoms with van der Waals surface area (Å²) in [5.41, 5.74) is 2.59. The molecular formula is C11H15NO. The first-order valence-corrected chi connectivity index (χ1v) is 4.74. The van der Waals surface area contributed by atoms with E-state index in [1.807, 2.05) is 12.1 Å². The third-order valence-electron chi connectivity index (χ3n) is 2.65. The molecule has 0 fully saturated rings. The highest BCUT2D eigenvalue weighted by Gasteiger charge is 2.20. The minimum Gasteiger partial charge on any atom is -0.508 e. The molecule has 2 nitrogen and oxygen atoms in total. The number of hydrogen-bond acceptors (Lipinski definition) is 2. The quantitative estimate of drug-likeness (QED) is 0.635. The first kappa shape index (κ1) is 8.57. The predicted octanol–water partition coefficient (Wildman–Crippen LogP) is 1.99. The van der Waals surface area contributed by atoms with Crippen molar-refractivity contribution in [2.75, 3.05) is 0 Å². The van der Waals surface area contributed by atoms with Crippen LogP contribution in [0.3, 0.4) is 0 Å². The first-order chi connectivity index (χ1) is 6.16. The van der Waals surface area contributed by atoms with Crippen LogP contribution in [0.25, 0.3) is 0 Å². The number of rotatable bonds is 0. The molecule has 0 amide bonds. The number of hydrogen-bond donors (Lipinski definition) is 2. The van der Waals surface area contributed by atoms with Gasteiger partial charge in [-0.15, -0.1) is 0 Å². The summed E-state index contributed by atoms with van der Waals surface area (Å²) in [6, 6.07) is 6.55. The zero-order valence-corrected chi connectivity index (χ0v) is 8.04. The summed E-state index contributed by atoms with van der Waals surface area (Å²) in [6.07, 6.45) is 1.01. The third-order valence-corrected chi connectivity index (χ3v) is 2.65. The van der Waals surface area contributed by atoms with Crippen LogP contribution in [0.5, 0.6) is 5.75 Å². The van der Waals surface area contributed by atoms with Crippen molar-refractivity contribution in [3.8, 4) is 5.75 Å². The fraction of sp³-hybridized carbons (Fsp3) is 0.455. The molecule has 0 aliphatic carbocycles. The molecule has 2 N–H and O–H groups in total. The first-order valence-electron chi connectivity index (χ1n) is 4.74. The van der Waals surface area contributed by atoms with Gasteiger partial charge in [0.05, 0.1) is 0 Å². The number of benzene rings is 1. The Labute approximate surface area is 78.6 Å². The highest BCUT2D eigenvalue weighted by molar-refractivity contribution is 5.38. The van der Waals surface area contributed by atoms with Crippen LogP contribution in [-0.2, 0) is 6.42 Å². The third kappa shape index (κ3) is 1.54. The largest absolute Gasteiger partial charge is 0.508 e. The van der Waals surface area contributed by atoms with Gasteiger partial charge in [0.15, 0.2) is 0 Å². The zero-order chi connectivity index (χ0) is 9.42. The van der Waals surface area contributed by atoms with Crippen molar-refractivity contribution < 1.29 is 5.11 Å². The number of nitrogens with one attached hydrogen (secondary N) is 1. The van der Waals surface area contributed by atoms with Gasteiger partial charge in [0.1, 0.15) is 5.75 Å². The van der Waals surface area contributed by atoms with Crippen molar-refractivity contribution in [1.82, 2.24) is 5.32 Å². The molecule has 2 heteroatoms. The summed E-state index contributed by atoms with van der Waals surface area (Å²) >= 11 is 0. The van der Waals surface area contributed by atoms with Gasteiger partial charge >= 0.3 is 0 Å². The Hall–Kier alpha value is -1.02. The topological polar surface area (TPSA) is 32.3 Å². The van der Waals surface area contributed by atoms with Gasteiger partial charge in [-0.25, -0.2) is 0 Å². The smallest absolute Gasteiger partial charge is 0.115 e. The standard InChI is InChI=1S/C11H15NO/c1-7-5-9-6-10(13)3-4-11(9)8(2)12-7/h3-4,6-8,12-13H,5H2,1-2H3. The number of phenols is 1. The Morgan fingerprint density at radius 2 is 2.15 bits per heavy atom. The molecule has 0 aromatic heterocycles. The van der Waals surface area contributed by atoms with Crippen LogP contribution < -0.4 is 5.32 Å². The normalized spacial score (nSPS) is 26.9. The molecule has 2 rings (SSSR count). The van der Waals surface area contributed by atoms with E-state index in [2.05, 4.69) is 19.2 Å². The van der Waals surface area contributed by atoms with E-state index < -0.39 is 0 Å². The monoisotopic (exact) mass is 177 g/mol. The molecule has 1 aliphatic heterocycles. The van der Waals surface area contributed by atoms with E-state index in [-0.39, 0.29) is 0 Å². The average Bonchev–Trinajstić information content (AvgIpc) is 2.02. The van der Waals surface area contributed by atoms with Crippen LogP contribution in [-0.4, -0.2) is 11.1 Å². The summed E-state index contributed by atoms with van der Waals surface area (Å²) in [6.45, 7) is 4.33. The van der Waals surface area contributed by atoms with E-state index in [9.17, 15) is 5.11 Å². The number of phenolic OH excluding ortho intramolecular Hbond substituents is 1. The lowest BCUT2D eigenvalue weighted by Crippen LogP contribution is -2.35. The second kappa shape index (κ2) is 3.04. The summed E-state index contributed by atoms with van der Waals surface area (Å²) in [4.78, 5) is 0. The van der Waals surface area contributed by atoms with Gasteiger partial charge in [0, 0.05) is 12.1 Å². The molecular weight excluding hydrogens is 162 g/mol. The lowest BCUT2D eigenvalue weighted by molar-refractivity contribution is 0.438. The predicted molar refractivity (Wildman–Crippen MR) is 52.8 cm³/mol. The van der Waals surface area contributed by atoms with Gasteiger partial charge in [0.25, 0.3) is 0 Å². The molecule has 0 spiro atoms. The van der Waals surface area contributed by atoms with Gasteiger partial charge in [-0.2, -0.15) is 0 Å². The Bertz CT molecular complexity index is 322. The maximum atomic E-state index is 9.34. The molecule has 1 heterocycles. The lowest BCUT2D eigenvalue weighted by atomic mass is 9.91. The highest BCUT2D eigenvalue weighted by Crippen LogP contribution is 2.27. The molecule has 2 unspecified atom stereocenters. The molecule has 1 aromatic rings. The Morgan fingerprint density at radius 3 is 2.92 bits per heavy atom. The summed E-state index contributed by atoms with van der Waals surface area (Å²) in [5.74, 6) is 0.375. The van der Waals surface area contributed by atoms with Crippen molar-refractivity contribution in [3.63, 3.8) is 0 Å². The van der Waals surface area contributed by atoms with Crippen molar-refractivity contribution >= 4 is 0 Å². The van der Waals surface area contributed by atoms with E-state index in [4.69, 9.17) is 0 Å². The van der Waals surface area contributed by atoms with Crippen LogP contribution >= 0.6 is 0 Å². The minimum absolute atomic E-state index is 0.375. The van der Waals surface area contributed by atoms with E-state index in [1.54, 1.807) is 6.07 Å². The fourth-order valence-corrected chi connectivity index (χ4v) is 2.10. The minimum atomic E-state index is 0.375. The zero-order valence-electron chi connectivity index (χ0n) is 8.04. The van der Waals surface area contributed by atoms with Gasteiger partial charge < -0.3 is 10.4 Å². The lowest BCUT2D eigenvalue weighted by Gasteiger charge is -2.29. The van der Waals surface area contributed by atoms with Crippen LogP contribution in [0.2, 0.25) is 0 Å². The van der Waals surface area contributed by atoms with Crippen molar-refractivity contribution in [1.29, 1.82) is 0 Å². The van der Waals surface area contributed by atoms with E-state index in [0.717, 1.165) is 6.42 Å². The van der Waals surface area contributed by atoms with Crippen molar-refractivity contribution in [3.05, 3.63) is 29.3 Å². The number of fused-ring (bicyclic) bond motifs is 1. The molecule has 0 bridgehead atoms. The van der Waals surface area contributed by atoms with Crippen LogP contribution in [0, 0.1) is 0 Å². The molecule has 0 saturated carbocycles. The van der Waals surface area contributed by atoms with Crippen LogP contribution in [0.15, 0.2) is 18.2 Å². The molecule has 2 atom stereocenters. The SMILES string of the molecule is CC1Cc2cc(O)ccc2C(C)N1. The average molecular weight is 177 g/mol. The second-order valence-electron chi connectivity index (χ2n) is 3.88. The molecule has 1 aromatic carbocycles. The number of aromatic hydroxyl groups is 1. The summed E-state index contributed by atoms with van der Waals surface area (Å²) in [5, 5.41) is 12.8. The summed E-state index contributed by atoms with van der Waals surface area (Å²) in [7, 11) is 0. The Morgan fingerprint density at radius 1 is 1.38 bits per heavy atom. The van der Waals surface area contributed by atoms with Gasteiger partial charge in [0.2, 0.25) is 0 Å². The van der Waals surface area contributed by atoms with E-state index in [0.29, 0.717) is 17.8 Å². The molecule has 0 radical (unpaired) electrons. The maximum Gasteiger partial charge on any atom is 0.115 e. The van der Waals surface area contributed by atoms with Crippen molar-refractivity contribution in [2.45, 2.75) is 32.4 Å². The Kier molecular flexibility index (Phi) is 2.00. The van der Waals surface area contributed by atoms with E-state index in [1.165, 1.54) is 11.1 Å². The molecule has 13 heavy (non-hydrogen) atoms. The van der Waals surface area contributed by atoms with E-state index >= 15 is 0 Å². The van der Waals surface area contributed by atoms with Gasteiger partial charge in [-0.05, 0) is 43.5 Å². The second-order valence-corrected chi connectivity index (χ2v) is 3.88. The van der Waals surface area contributed by atoms with Crippen molar-refractivity contribution in [2.24, 2.45) is 0 Å². The maximum absolute atomic E-state index is 9.34. The highest BCUT2D eigenvalue weighted by atomic mass is 16.3. The Balaban J connectivity index is 2.43. The summed E-state index contributed by atoms with van der Waals surface area (Å²) < 4.78 is 0. The van der Waals surface area contributed by atoms with Gasteiger partial charge in [-0.1, -0.05) is 6.07 Å². The van der Waals surface area contributed by atoms with Crippen LogP contribution in [0.1, 0.15) is 31.0 Å². The molecule has 70 valence electrons. The van der Waals surface area contributed by atoms with Gasteiger partial charge in [-0.3, -0.25) is 0 Å². The molecule has 0 saturated heterocycles. The molecule has 1 aliphatic rings. The fourth-order valence-electron chi connectivity index (χ4n) is 2.10.